The predicted octanol–water partition coefficient (Wildman–Crippen LogP) is 0.659. The molecular weight excluding hydrogens is 192 g/mol. The van der Waals surface area contributed by atoms with Gasteiger partial charge in [0.05, 0.1) is 12.1 Å². The number of hydrogen-bond acceptors (Lipinski definition) is 3. The Bertz CT molecular complexity index is 330. The SMILES string of the molecule is Nc1ccncc1C(=O)NCC(F)F. The summed E-state index contributed by atoms with van der Waals surface area (Å²) in [6.07, 6.45) is 0.0758. The summed E-state index contributed by atoms with van der Waals surface area (Å²) in [7, 11) is 0. The minimum Gasteiger partial charge on any atom is -0.398 e. The molecule has 0 saturated heterocycles. The number of carbonyl (C=O) groups excluding carboxylic acids is 1. The van der Waals surface area contributed by atoms with E-state index in [1.54, 1.807) is 0 Å². The predicted molar refractivity (Wildman–Crippen MR) is 47.0 cm³/mol. The van der Waals surface area contributed by atoms with Crippen LogP contribution in [0.3, 0.4) is 0 Å². The Balaban J connectivity index is 2.65. The van der Waals surface area contributed by atoms with Gasteiger partial charge in [-0.1, -0.05) is 0 Å². The van der Waals surface area contributed by atoms with Crippen molar-refractivity contribution in [3.8, 4) is 0 Å². The van der Waals surface area contributed by atoms with Crippen LogP contribution >= 0.6 is 0 Å². The van der Waals surface area contributed by atoms with Crippen molar-refractivity contribution < 1.29 is 13.6 Å². The standard InChI is InChI=1S/C8H9F2N3O/c9-7(10)4-13-8(14)5-3-12-2-1-6(5)11/h1-3,7H,4H2,(H2,11,12)(H,13,14). The highest BCUT2D eigenvalue weighted by Gasteiger charge is 2.11. The number of amides is 1. The highest BCUT2D eigenvalue weighted by Crippen LogP contribution is 2.07. The summed E-state index contributed by atoms with van der Waals surface area (Å²) >= 11 is 0. The van der Waals surface area contributed by atoms with Crippen LogP contribution in [0.1, 0.15) is 10.4 Å². The number of nitrogen functional groups attached to an aromatic ring is 1. The fraction of sp³-hybridized carbons (Fsp3) is 0.250. The molecule has 1 aromatic heterocycles. The van der Waals surface area contributed by atoms with Gasteiger partial charge in [-0.15, -0.1) is 0 Å². The minimum absolute atomic E-state index is 0.105. The molecule has 0 aliphatic rings. The second-order valence-corrected chi connectivity index (χ2v) is 2.56. The minimum atomic E-state index is -2.57. The molecule has 4 nitrogen and oxygen atoms in total. The molecule has 0 spiro atoms. The molecule has 0 aliphatic carbocycles. The van der Waals surface area contributed by atoms with E-state index in [0.29, 0.717) is 0 Å². The van der Waals surface area contributed by atoms with Gasteiger partial charge in [-0.25, -0.2) is 8.78 Å². The van der Waals surface area contributed by atoms with Gasteiger partial charge >= 0.3 is 0 Å². The zero-order chi connectivity index (χ0) is 10.6. The van der Waals surface area contributed by atoms with Crippen LogP contribution in [-0.4, -0.2) is 23.9 Å². The molecule has 76 valence electrons. The smallest absolute Gasteiger partial charge is 0.255 e. The quantitative estimate of drug-likeness (QED) is 0.754. The van der Waals surface area contributed by atoms with Crippen molar-refractivity contribution in [2.24, 2.45) is 0 Å². The van der Waals surface area contributed by atoms with Gasteiger partial charge in [0.15, 0.2) is 0 Å². The summed E-state index contributed by atoms with van der Waals surface area (Å²) in [5.74, 6) is -0.643. The van der Waals surface area contributed by atoms with Gasteiger partial charge in [-0.3, -0.25) is 9.78 Å². The Kier molecular flexibility index (Phi) is 3.33. The van der Waals surface area contributed by atoms with Gasteiger partial charge in [0.2, 0.25) is 0 Å². The van der Waals surface area contributed by atoms with Crippen LogP contribution < -0.4 is 11.1 Å². The number of carbonyl (C=O) groups is 1. The first kappa shape index (κ1) is 10.4. The van der Waals surface area contributed by atoms with Gasteiger partial charge < -0.3 is 11.1 Å². The van der Waals surface area contributed by atoms with Gasteiger partial charge in [0, 0.05) is 18.1 Å². The molecule has 0 unspecified atom stereocenters. The Hall–Kier alpha value is -1.72. The number of nitrogens with two attached hydrogens (primary N) is 1. The number of nitrogens with zero attached hydrogens (tertiary/aromatic N) is 1. The largest absolute Gasteiger partial charge is 0.398 e. The average Bonchev–Trinajstić information content (AvgIpc) is 2.15. The summed E-state index contributed by atoms with van der Waals surface area (Å²) in [6, 6.07) is 1.43. The van der Waals surface area contributed by atoms with Crippen molar-refractivity contribution in [1.82, 2.24) is 10.3 Å². The number of rotatable bonds is 3. The van der Waals surface area contributed by atoms with Gasteiger partial charge in [-0.05, 0) is 6.07 Å². The maximum absolute atomic E-state index is 11.7. The van der Waals surface area contributed by atoms with E-state index in [1.165, 1.54) is 18.5 Å². The maximum atomic E-state index is 11.7. The number of halogens is 2. The second-order valence-electron chi connectivity index (χ2n) is 2.56. The first-order valence-corrected chi connectivity index (χ1v) is 3.87. The van der Waals surface area contributed by atoms with E-state index in [0.717, 1.165) is 0 Å². The van der Waals surface area contributed by atoms with Crippen LogP contribution in [0.15, 0.2) is 18.5 Å². The third-order valence-electron chi connectivity index (χ3n) is 1.52. The number of pyridine rings is 1. The molecule has 14 heavy (non-hydrogen) atoms. The number of hydrogen-bond donors (Lipinski definition) is 2. The molecule has 0 aromatic carbocycles. The topological polar surface area (TPSA) is 68.0 Å². The average molecular weight is 201 g/mol. The van der Waals surface area contributed by atoms with Crippen LogP contribution in [0.5, 0.6) is 0 Å². The molecule has 0 saturated carbocycles. The van der Waals surface area contributed by atoms with E-state index < -0.39 is 18.9 Å². The van der Waals surface area contributed by atoms with E-state index in [9.17, 15) is 13.6 Å². The van der Waals surface area contributed by atoms with E-state index in [-0.39, 0.29) is 11.3 Å². The molecule has 1 amide bonds. The molecule has 0 fully saturated rings. The van der Waals surface area contributed by atoms with E-state index in [1.807, 2.05) is 5.32 Å². The third-order valence-corrected chi connectivity index (χ3v) is 1.52. The lowest BCUT2D eigenvalue weighted by Crippen LogP contribution is -2.29. The molecule has 6 heteroatoms. The summed E-state index contributed by atoms with van der Waals surface area (Å²) < 4.78 is 23.5. The van der Waals surface area contributed by atoms with Crippen molar-refractivity contribution in [3.05, 3.63) is 24.0 Å². The van der Waals surface area contributed by atoms with Crippen LogP contribution in [0.25, 0.3) is 0 Å². The zero-order valence-corrected chi connectivity index (χ0v) is 7.21. The molecular formula is C8H9F2N3O. The first-order chi connectivity index (χ1) is 6.61. The second kappa shape index (κ2) is 4.50. The first-order valence-electron chi connectivity index (χ1n) is 3.87. The maximum Gasteiger partial charge on any atom is 0.255 e. The van der Waals surface area contributed by atoms with Crippen molar-refractivity contribution in [2.45, 2.75) is 6.43 Å². The van der Waals surface area contributed by atoms with Crippen LogP contribution in [-0.2, 0) is 0 Å². The lowest BCUT2D eigenvalue weighted by Gasteiger charge is -2.05. The molecule has 3 N–H and O–H groups in total. The lowest BCUT2D eigenvalue weighted by atomic mass is 10.2. The monoisotopic (exact) mass is 201 g/mol. The summed E-state index contributed by atoms with van der Waals surface area (Å²) in [5.41, 5.74) is 5.76. The summed E-state index contributed by atoms with van der Waals surface area (Å²) in [4.78, 5) is 14.9. The fourth-order valence-electron chi connectivity index (χ4n) is 0.860. The van der Waals surface area contributed by atoms with Crippen molar-refractivity contribution in [1.29, 1.82) is 0 Å². The Morgan fingerprint density at radius 2 is 2.36 bits per heavy atom. The molecule has 0 radical (unpaired) electrons. The van der Waals surface area contributed by atoms with Crippen LogP contribution in [0.4, 0.5) is 14.5 Å². The van der Waals surface area contributed by atoms with Crippen LogP contribution in [0, 0.1) is 0 Å². The fourth-order valence-corrected chi connectivity index (χ4v) is 0.860. The molecule has 1 heterocycles. The van der Waals surface area contributed by atoms with E-state index in [2.05, 4.69) is 4.98 Å². The number of nitrogens with one attached hydrogen (secondary N) is 1. The normalized spacial score (nSPS) is 10.2. The molecule has 1 rings (SSSR count). The number of alkyl halides is 2. The molecule has 1 aromatic rings. The van der Waals surface area contributed by atoms with Gasteiger partial charge in [0.1, 0.15) is 0 Å². The highest BCUT2D eigenvalue weighted by atomic mass is 19.3. The van der Waals surface area contributed by atoms with Crippen LogP contribution in [0.2, 0.25) is 0 Å². The molecule has 0 atom stereocenters. The number of anilines is 1. The van der Waals surface area contributed by atoms with Gasteiger partial charge in [-0.2, -0.15) is 0 Å². The molecule has 0 bridgehead atoms. The van der Waals surface area contributed by atoms with Crippen molar-refractivity contribution >= 4 is 11.6 Å². The van der Waals surface area contributed by atoms with Crippen molar-refractivity contribution in [3.63, 3.8) is 0 Å². The molecule has 0 aliphatic heterocycles. The summed E-state index contributed by atoms with van der Waals surface area (Å²) in [5, 5.41) is 2.03. The Morgan fingerprint density at radius 3 is 2.93 bits per heavy atom. The third kappa shape index (κ3) is 2.65. The number of aromatic nitrogens is 1. The lowest BCUT2D eigenvalue weighted by molar-refractivity contribution is 0.0892. The van der Waals surface area contributed by atoms with E-state index in [4.69, 9.17) is 5.73 Å². The zero-order valence-electron chi connectivity index (χ0n) is 7.21. The summed E-state index contributed by atoms with van der Waals surface area (Å²) in [6.45, 7) is -0.687. The van der Waals surface area contributed by atoms with Gasteiger partial charge in [0.25, 0.3) is 12.3 Å². The Labute approximate surface area is 79.1 Å². The highest BCUT2D eigenvalue weighted by molar-refractivity contribution is 5.98. The van der Waals surface area contributed by atoms with Crippen molar-refractivity contribution in [2.75, 3.05) is 12.3 Å². The van der Waals surface area contributed by atoms with E-state index >= 15 is 0 Å². The Morgan fingerprint density at radius 1 is 1.64 bits per heavy atom.